The third kappa shape index (κ3) is 4.62. The summed E-state index contributed by atoms with van der Waals surface area (Å²) in [6.45, 7) is 7.75. The highest BCUT2D eigenvalue weighted by atomic mass is 35.5. The molecule has 0 fully saturated rings. The Kier molecular flexibility index (Phi) is 7.14. The van der Waals surface area contributed by atoms with Gasteiger partial charge in [-0.2, -0.15) is 0 Å². The van der Waals surface area contributed by atoms with Gasteiger partial charge in [0.15, 0.2) is 4.80 Å². The van der Waals surface area contributed by atoms with Gasteiger partial charge in [-0.15, -0.1) is 0 Å². The van der Waals surface area contributed by atoms with Crippen molar-refractivity contribution >= 4 is 35.0 Å². The first-order valence-electron chi connectivity index (χ1n) is 10.7. The predicted octanol–water partition coefficient (Wildman–Crippen LogP) is 4.02. The topological polar surface area (TPSA) is 69.9 Å². The Morgan fingerprint density at radius 1 is 1.24 bits per heavy atom. The smallest absolute Gasteiger partial charge is 0.338 e. The SMILES string of the molecule is C=CCOc1ccc([C@@H]2C(C(=O)OCC)=C(C)N=c3sc(=Cc4ccccc4Cl)c(=O)n32)cc1. The maximum atomic E-state index is 13.6. The lowest BCUT2D eigenvalue weighted by Gasteiger charge is -2.24. The Morgan fingerprint density at radius 2 is 1.97 bits per heavy atom. The zero-order chi connectivity index (χ0) is 24.2. The van der Waals surface area contributed by atoms with Crippen LogP contribution < -0.4 is 19.6 Å². The molecular formula is C26H23ClN2O4S. The summed E-state index contributed by atoms with van der Waals surface area (Å²) in [5.41, 5.74) is 2.07. The molecule has 0 aliphatic carbocycles. The number of ether oxygens (including phenoxy) is 2. The number of thiazole rings is 1. The van der Waals surface area contributed by atoms with Crippen molar-refractivity contribution in [3.63, 3.8) is 0 Å². The number of aromatic nitrogens is 1. The van der Waals surface area contributed by atoms with Crippen LogP contribution in [0.4, 0.5) is 0 Å². The number of halogens is 1. The lowest BCUT2D eigenvalue weighted by atomic mass is 9.96. The lowest BCUT2D eigenvalue weighted by Crippen LogP contribution is -2.39. The van der Waals surface area contributed by atoms with E-state index in [1.165, 1.54) is 11.3 Å². The van der Waals surface area contributed by atoms with Crippen LogP contribution in [0.2, 0.25) is 5.02 Å². The zero-order valence-electron chi connectivity index (χ0n) is 18.8. The third-order valence-electron chi connectivity index (χ3n) is 5.27. The Labute approximate surface area is 205 Å². The maximum absolute atomic E-state index is 13.6. The molecule has 1 aliphatic rings. The van der Waals surface area contributed by atoms with E-state index in [4.69, 9.17) is 21.1 Å². The van der Waals surface area contributed by atoms with Gasteiger partial charge in [0.05, 0.1) is 28.5 Å². The number of hydrogen-bond acceptors (Lipinski definition) is 6. The average molecular weight is 495 g/mol. The molecule has 0 radical (unpaired) electrons. The highest BCUT2D eigenvalue weighted by Gasteiger charge is 2.33. The van der Waals surface area contributed by atoms with Gasteiger partial charge < -0.3 is 9.47 Å². The van der Waals surface area contributed by atoms with Crippen molar-refractivity contribution in [3.05, 3.63) is 108 Å². The van der Waals surface area contributed by atoms with Crippen molar-refractivity contribution in [3.8, 4) is 5.75 Å². The van der Waals surface area contributed by atoms with Crippen molar-refractivity contribution in [1.82, 2.24) is 4.57 Å². The quantitative estimate of drug-likeness (QED) is 0.367. The second-order valence-electron chi connectivity index (χ2n) is 7.49. The molecule has 1 aliphatic heterocycles. The van der Waals surface area contributed by atoms with Crippen LogP contribution in [0.5, 0.6) is 5.75 Å². The Hall–Kier alpha value is -3.42. The summed E-state index contributed by atoms with van der Waals surface area (Å²) in [5.74, 6) is 0.161. The van der Waals surface area contributed by atoms with Crippen molar-refractivity contribution in [2.75, 3.05) is 13.2 Å². The number of rotatable bonds is 7. The number of fused-ring (bicyclic) bond motifs is 1. The van der Waals surface area contributed by atoms with Gasteiger partial charge in [-0.05, 0) is 49.2 Å². The predicted molar refractivity (Wildman–Crippen MR) is 134 cm³/mol. The Morgan fingerprint density at radius 3 is 2.65 bits per heavy atom. The van der Waals surface area contributed by atoms with Gasteiger partial charge in [0.1, 0.15) is 12.4 Å². The van der Waals surface area contributed by atoms with Crippen LogP contribution in [-0.4, -0.2) is 23.8 Å². The van der Waals surface area contributed by atoms with Gasteiger partial charge in [0.25, 0.3) is 5.56 Å². The summed E-state index contributed by atoms with van der Waals surface area (Å²) in [5, 5.41) is 0.545. The summed E-state index contributed by atoms with van der Waals surface area (Å²) in [6, 6.07) is 13.9. The molecule has 0 amide bonds. The van der Waals surface area contributed by atoms with E-state index < -0.39 is 12.0 Å². The van der Waals surface area contributed by atoms with E-state index in [2.05, 4.69) is 11.6 Å². The number of benzene rings is 2. The van der Waals surface area contributed by atoms with Gasteiger partial charge in [-0.25, -0.2) is 9.79 Å². The van der Waals surface area contributed by atoms with E-state index in [1.807, 2.05) is 30.3 Å². The lowest BCUT2D eigenvalue weighted by molar-refractivity contribution is -0.139. The molecule has 2 heterocycles. The molecule has 0 unspecified atom stereocenters. The van der Waals surface area contributed by atoms with Crippen molar-refractivity contribution < 1.29 is 14.3 Å². The fraction of sp³-hybridized carbons (Fsp3) is 0.192. The summed E-state index contributed by atoms with van der Waals surface area (Å²) in [4.78, 5) is 31.6. The van der Waals surface area contributed by atoms with Crippen molar-refractivity contribution in [1.29, 1.82) is 0 Å². The van der Waals surface area contributed by atoms with Crippen LogP contribution in [0, 0.1) is 0 Å². The molecule has 34 heavy (non-hydrogen) atoms. The van der Waals surface area contributed by atoms with Crippen LogP contribution in [0.1, 0.15) is 31.0 Å². The molecule has 1 aromatic heterocycles. The highest BCUT2D eigenvalue weighted by Crippen LogP contribution is 2.31. The maximum Gasteiger partial charge on any atom is 0.338 e. The number of carbonyl (C=O) groups excluding carboxylic acids is 1. The Balaban J connectivity index is 1.90. The molecule has 3 aromatic rings. The van der Waals surface area contributed by atoms with Crippen LogP contribution in [0.25, 0.3) is 6.08 Å². The molecule has 0 spiro atoms. The molecule has 8 heteroatoms. The molecule has 2 aromatic carbocycles. The van der Waals surface area contributed by atoms with Gasteiger partial charge in [-0.3, -0.25) is 9.36 Å². The molecule has 0 saturated carbocycles. The fourth-order valence-electron chi connectivity index (χ4n) is 3.74. The van der Waals surface area contributed by atoms with Crippen LogP contribution in [0.15, 0.2) is 82.2 Å². The number of nitrogens with zero attached hydrogens (tertiary/aromatic N) is 2. The van der Waals surface area contributed by atoms with E-state index in [0.717, 1.165) is 11.1 Å². The normalized spacial score (nSPS) is 15.5. The molecule has 0 N–H and O–H groups in total. The fourth-order valence-corrected chi connectivity index (χ4v) is 4.97. The standard InChI is InChI=1S/C26H23ClN2O4S/c1-4-14-33-19-12-10-17(11-13-19)23-22(25(31)32-5-2)16(3)28-26-29(23)24(30)21(34-26)15-18-8-6-7-9-20(18)27/h4,6-13,15,23H,1,5,14H2,2-3H3/t23-/m1/s1. The van der Waals surface area contributed by atoms with Crippen LogP contribution >= 0.6 is 22.9 Å². The second-order valence-corrected chi connectivity index (χ2v) is 8.91. The van der Waals surface area contributed by atoms with Crippen LogP contribution in [0.3, 0.4) is 0 Å². The summed E-state index contributed by atoms with van der Waals surface area (Å²) >= 11 is 7.56. The molecular weight excluding hydrogens is 472 g/mol. The summed E-state index contributed by atoms with van der Waals surface area (Å²) in [7, 11) is 0. The van der Waals surface area contributed by atoms with Crippen molar-refractivity contribution in [2.24, 2.45) is 4.99 Å². The largest absolute Gasteiger partial charge is 0.490 e. The molecule has 4 rings (SSSR count). The van der Waals surface area contributed by atoms with Gasteiger partial charge in [0.2, 0.25) is 0 Å². The first-order chi connectivity index (χ1) is 16.4. The molecule has 174 valence electrons. The van der Waals surface area contributed by atoms with E-state index in [9.17, 15) is 9.59 Å². The van der Waals surface area contributed by atoms with Crippen molar-refractivity contribution in [2.45, 2.75) is 19.9 Å². The molecule has 0 bridgehead atoms. The highest BCUT2D eigenvalue weighted by molar-refractivity contribution is 7.07. The second kappa shape index (κ2) is 10.2. The number of carbonyl (C=O) groups is 1. The van der Waals surface area contributed by atoms with E-state index in [-0.39, 0.29) is 12.2 Å². The van der Waals surface area contributed by atoms with Gasteiger partial charge in [-0.1, -0.05) is 65.9 Å². The average Bonchev–Trinajstić information content (AvgIpc) is 3.13. The van der Waals surface area contributed by atoms with Crippen LogP contribution in [-0.2, 0) is 9.53 Å². The number of allylic oxidation sites excluding steroid dienone is 1. The molecule has 1 atom stereocenters. The van der Waals surface area contributed by atoms with Gasteiger partial charge in [0, 0.05) is 5.02 Å². The first-order valence-corrected chi connectivity index (χ1v) is 11.9. The van der Waals surface area contributed by atoms with E-state index >= 15 is 0 Å². The third-order valence-corrected chi connectivity index (χ3v) is 6.60. The number of hydrogen-bond donors (Lipinski definition) is 0. The monoisotopic (exact) mass is 494 g/mol. The first kappa shape index (κ1) is 23.7. The van der Waals surface area contributed by atoms with E-state index in [1.54, 1.807) is 48.8 Å². The minimum atomic E-state index is -0.683. The minimum Gasteiger partial charge on any atom is -0.490 e. The summed E-state index contributed by atoms with van der Waals surface area (Å²) in [6.07, 6.45) is 3.41. The minimum absolute atomic E-state index is 0.216. The van der Waals surface area contributed by atoms with Gasteiger partial charge >= 0.3 is 5.97 Å². The Bertz CT molecular complexity index is 1450. The summed E-state index contributed by atoms with van der Waals surface area (Å²) < 4.78 is 12.9. The zero-order valence-corrected chi connectivity index (χ0v) is 20.4. The van der Waals surface area contributed by atoms with E-state index in [0.29, 0.717) is 38.0 Å². The molecule has 6 nitrogen and oxygen atoms in total. The molecule has 0 saturated heterocycles. The number of esters is 1.